The van der Waals surface area contributed by atoms with Crippen molar-refractivity contribution in [1.29, 1.82) is 0 Å². The average molecular weight is 627 g/mol. The lowest BCUT2D eigenvalue weighted by Gasteiger charge is -2.24. The van der Waals surface area contributed by atoms with E-state index in [4.69, 9.17) is 4.42 Å². The van der Waals surface area contributed by atoms with Gasteiger partial charge in [-0.05, 0) is 85.3 Å². The molecule has 46 heavy (non-hydrogen) atoms. The maximum absolute atomic E-state index is 11.8. The Morgan fingerprint density at radius 2 is 1.11 bits per heavy atom. The number of rotatable bonds is 9. The highest BCUT2D eigenvalue weighted by atomic mass is 16.3. The number of aromatic hydroxyl groups is 8. The van der Waals surface area contributed by atoms with Crippen molar-refractivity contribution < 1.29 is 45.3 Å². The average Bonchev–Trinajstić information content (AvgIpc) is 3.56. The molecule has 0 saturated carbocycles. The molecule has 4 aromatic carbocycles. The first-order chi connectivity index (χ1) is 21.9. The summed E-state index contributed by atoms with van der Waals surface area (Å²) in [6, 6.07) is 12.5. The molecular formula is C37H38O9. The normalized spacial score (nSPS) is 12.0. The predicted octanol–water partition coefficient (Wildman–Crippen LogP) is 7.03. The van der Waals surface area contributed by atoms with E-state index < -0.39 is 5.92 Å². The minimum absolute atomic E-state index is 0.0577. The topological polar surface area (TPSA) is 175 Å². The van der Waals surface area contributed by atoms with Gasteiger partial charge in [-0.15, -0.1) is 0 Å². The van der Waals surface area contributed by atoms with E-state index in [0.717, 1.165) is 0 Å². The molecule has 0 aliphatic rings. The standard InChI is InChI=1S/C37H38O9/c1-5-22-28(38)12-10-20(34(22)42)15-27-33(41)19(4)14-25(37(27)45)31(30-8-7-13-46-30)26-17-21(35(43)23(6-2)36(26)44)16-24-29(39)11-9-18(3)32(24)40/h7-14,17,31,38-45H,5-6,15-16H2,1-4H3. The van der Waals surface area contributed by atoms with E-state index in [0.29, 0.717) is 40.0 Å². The first-order valence-corrected chi connectivity index (χ1v) is 15.1. The molecule has 5 rings (SSSR count). The highest BCUT2D eigenvalue weighted by molar-refractivity contribution is 5.65. The second-order valence-electron chi connectivity index (χ2n) is 11.6. The van der Waals surface area contributed by atoms with Crippen LogP contribution in [-0.2, 0) is 25.7 Å². The molecule has 8 N–H and O–H groups in total. The molecule has 1 unspecified atom stereocenters. The van der Waals surface area contributed by atoms with Crippen LogP contribution in [0.5, 0.6) is 46.0 Å². The predicted molar refractivity (Wildman–Crippen MR) is 173 cm³/mol. The van der Waals surface area contributed by atoms with Gasteiger partial charge in [0.25, 0.3) is 0 Å². The van der Waals surface area contributed by atoms with Crippen LogP contribution in [0.25, 0.3) is 0 Å². The largest absolute Gasteiger partial charge is 0.508 e. The summed E-state index contributed by atoms with van der Waals surface area (Å²) in [6.45, 7) is 6.91. The number of hydrogen-bond acceptors (Lipinski definition) is 9. The van der Waals surface area contributed by atoms with Crippen molar-refractivity contribution in [3.05, 3.63) is 116 Å². The Balaban J connectivity index is 1.74. The quantitative estimate of drug-likeness (QED) is 0.0854. The van der Waals surface area contributed by atoms with Gasteiger partial charge in [0.1, 0.15) is 51.8 Å². The molecular weight excluding hydrogens is 588 g/mol. The minimum Gasteiger partial charge on any atom is -0.508 e. The molecule has 0 bridgehead atoms. The number of furan rings is 1. The molecule has 0 saturated heterocycles. The molecule has 1 heterocycles. The second-order valence-corrected chi connectivity index (χ2v) is 11.6. The number of phenols is 8. The number of hydrogen-bond donors (Lipinski definition) is 8. The summed E-state index contributed by atoms with van der Waals surface area (Å²) in [4.78, 5) is 0. The third kappa shape index (κ3) is 5.49. The van der Waals surface area contributed by atoms with Gasteiger partial charge in [-0.2, -0.15) is 0 Å². The first-order valence-electron chi connectivity index (χ1n) is 15.1. The molecule has 240 valence electrons. The smallest absolute Gasteiger partial charge is 0.127 e. The second kappa shape index (κ2) is 12.5. The van der Waals surface area contributed by atoms with E-state index in [1.54, 1.807) is 58.0 Å². The zero-order valence-electron chi connectivity index (χ0n) is 26.1. The zero-order chi connectivity index (χ0) is 33.4. The van der Waals surface area contributed by atoms with Crippen LogP contribution < -0.4 is 0 Å². The van der Waals surface area contributed by atoms with Gasteiger partial charge in [-0.1, -0.05) is 26.0 Å². The number of benzene rings is 4. The molecule has 0 spiro atoms. The van der Waals surface area contributed by atoms with Gasteiger partial charge in [0.2, 0.25) is 0 Å². The van der Waals surface area contributed by atoms with Crippen LogP contribution in [0.3, 0.4) is 0 Å². The molecule has 1 atom stereocenters. The van der Waals surface area contributed by atoms with Crippen molar-refractivity contribution >= 4 is 0 Å². The van der Waals surface area contributed by atoms with Crippen molar-refractivity contribution in [3.63, 3.8) is 0 Å². The fourth-order valence-electron chi connectivity index (χ4n) is 6.17. The first kappa shape index (κ1) is 32.0. The lowest BCUT2D eigenvalue weighted by Crippen LogP contribution is -2.08. The Kier molecular flexibility index (Phi) is 8.70. The Bertz CT molecular complexity index is 1920. The molecule has 9 heteroatoms. The van der Waals surface area contributed by atoms with Crippen LogP contribution in [-0.4, -0.2) is 40.9 Å². The monoisotopic (exact) mass is 626 g/mol. The molecule has 0 aliphatic heterocycles. The van der Waals surface area contributed by atoms with Crippen LogP contribution in [0.4, 0.5) is 0 Å². The molecule has 5 aromatic rings. The molecule has 0 aliphatic carbocycles. The summed E-state index contributed by atoms with van der Waals surface area (Å²) in [5, 5.41) is 88.2. The SMILES string of the molecule is CCc1c(O)ccc(Cc2c(O)c(C)cc(C(c3ccco3)c3cc(Cc4c(O)ccc(C)c4O)c(O)c(CC)c3O)c2O)c1O. The third-order valence-corrected chi connectivity index (χ3v) is 8.76. The summed E-state index contributed by atoms with van der Waals surface area (Å²) < 4.78 is 5.83. The summed E-state index contributed by atoms with van der Waals surface area (Å²) >= 11 is 0. The molecule has 9 nitrogen and oxygen atoms in total. The summed E-state index contributed by atoms with van der Waals surface area (Å²) in [6.07, 6.45) is 1.91. The lowest BCUT2D eigenvalue weighted by molar-refractivity contribution is 0.417. The van der Waals surface area contributed by atoms with E-state index in [1.165, 1.54) is 24.5 Å². The maximum Gasteiger partial charge on any atom is 0.127 e. The van der Waals surface area contributed by atoms with Gasteiger partial charge in [0, 0.05) is 46.2 Å². The van der Waals surface area contributed by atoms with E-state index in [1.807, 2.05) is 0 Å². The molecule has 0 radical (unpaired) electrons. The Morgan fingerprint density at radius 1 is 0.543 bits per heavy atom. The number of aryl methyl sites for hydroxylation is 2. The third-order valence-electron chi connectivity index (χ3n) is 8.76. The van der Waals surface area contributed by atoms with Crippen LogP contribution >= 0.6 is 0 Å². The van der Waals surface area contributed by atoms with Crippen molar-refractivity contribution in [1.82, 2.24) is 0 Å². The molecule has 0 fully saturated rings. The van der Waals surface area contributed by atoms with E-state index in [2.05, 4.69) is 0 Å². The fourth-order valence-corrected chi connectivity index (χ4v) is 6.17. The molecule has 1 aromatic heterocycles. The molecule has 0 amide bonds. The van der Waals surface area contributed by atoms with Crippen LogP contribution in [0, 0.1) is 13.8 Å². The zero-order valence-corrected chi connectivity index (χ0v) is 26.1. The van der Waals surface area contributed by atoms with Crippen molar-refractivity contribution in [2.45, 2.75) is 59.3 Å². The van der Waals surface area contributed by atoms with Crippen LogP contribution in [0.1, 0.15) is 81.2 Å². The van der Waals surface area contributed by atoms with E-state index in [-0.39, 0.29) is 93.1 Å². The fraction of sp³-hybridized carbons (Fsp3) is 0.243. The van der Waals surface area contributed by atoms with Gasteiger partial charge in [0.15, 0.2) is 0 Å². The van der Waals surface area contributed by atoms with Crippen LogP contribution in [0.2, 0.25) is 0 Å². The highest BCUT2D eigenvalue weighted by Crippen LogP contribution is 2.49. The Labute approximate surface area is 266 Å². The summed E-state index contributed by atoms with van der Waals surface area (Å²) in [5.74, 6) is -1.94. The van der Waals surface area contributed by atoms with Gasteiger partial charge >= 0.3 is 0 Å². The lowest BCUT2D eigenvalue weighted by atomic mass is 9.82. The van der Waals surface area contributed by atoms with Crippen molar-refractivity contribution in [3.8, 4) is 46.0 Å². The highest BCUT2D eigenvalue weighted by Gasteiger charge is 2.31. The van der Waals surface area contributed by atoms with E-state index >= 15 is 0 Å². The minimum atomic E-state index is -0.933. The van der Waals surface area contributed by atoms with Gasteiger partial charge in [0.05, 0.1) is 12.2 Å². The Morgan fingerprint density at radius 3 is 1.76 bits per heavy atom. The number of phenolic OH excluding ortho intramolecular Hbond substituents is 8. The maximum atomic E-state index is 11.8. The summed E-state index contributed by atoms with van der Waals surface area (Å²) in [7, 11) is 0. The van der Waals surface area contributed by atoms with Gasteiger partial charge < -0.3 is 45.3 Å². The Hall–Kier alpha value is -5.44. The van der Waals surface area contributed by atoms with Gasteiger partial charge in [-0.25, -0.2) is 0 Å². The van der Waals surface area contributed by atoms with Crippen molar-refractivity contribution in [2.75, 3.05) is 0 Å². The summed E-state index contributed by atoms with van der Waals surface area (Å²) in [5.41, 5.74) is 3.11. The van der Waals surface area contributed by atoms with Crippen molar-refractivity contribution in [2.24, 2.45) is 0 Å². The van der Waals surface area contributed by atoms with E-state index in [9.17, 15) is 40.9 Å². The van der Waals surface area contributed by atoms with Gasteiger partial charge in [-0.3, -0.25) is 0 Å². The van der Waals surface area contributed by atoms with Crippen LogP contribution in [0.15, 0.2) is 59.2 Å².